The van der Waals surface area contributed by atoms with Gasteiger partial charge in [-0.2, -0.15) is 0 Å². The van der Waals surface area contributed by atoms with Crippen molar-refractivity contribution in [2.45, 2.75) is 0 Å². The second-order valence-electron chi connectivity index (χ2n) is 1.34. The molecular formula is C3H11ClN+. The van der Waals surface area contributed by atoms with Crippen LogP contribution in [0.2, 0.25) is 0 Å². The van der Waals surface area contributed by atoms with Gasteiger partial charge in [-0.25, -0.2) is 0 Å². The van der Waals surface area contributed by atoms with Gasteiger partial charge in [-0.3, -0.25) is 0 Å². The molecule has 0 radical (unpaired) electrons. The lowest BCUT2D eigenvalue weighted by atomic mass is 11.0. The van der Waals surface area contributed by atoms with Crippen LogP contribution in [0.4, 0.5) is 0 Å². The van der Waals surface area contributed by atoms with Gasteiger partial charge in [-0.05, 0) is 21.1 Å². The zero-order valence-corrected chi connectivity index (χ0v) is 4.79. The third kappa shape index (κ3) is 344. The number of hydrogen-bond acceptors (Lipinski definition) is 1. The van der Waals surface area contributed by atoms with Crippen LogP contribution in [0.1, 0.15) is 0 Å². The summed E-state index contributed by atoms with van der Waals surface area (Å²) in [6.07, 6.45) is 0. The highest BCUT2D eigenvalue weighted by Crippen LogP contribution is 1.47. The van der Waals surface area contributed by atoms with Crippen molar-refractivity contribution in [3.05, 3.63) is 0 Å². The van der Waals surface area contributed by atoms with Crippen LogP contribution in [0.25, 0.3) is 0 Å². The predicted molar refractivity (Wildman–Crippen MR) is 22.4 cm³/mol. The molecule has 5 heavy (non-hydrogen) atoms. The lowest BCUT2D eigenvalue weighted by molar-refractivity contribution is -0.00000110. The summed E-state index contributed by atoms with van der Waals surface area (Å²) in [5, 5.41) is 0. The predicted octanol–water partition coefficient (Wildman–Crippen LogP) is -0.358. The quantitative estimate of drug-likeness (QED) is 0.398. The maximum Gasteiger partial charge on any atom is 0.0903 e. The Labute approximate surface area is 39.4 Å². The molecule has 0 rings (SSSR count). The van der Waals surface area contributed by atoms with Gasteiger partial charge in [0.05, 0.1) is 12.4 Å². The molecule has 0 aliphatic rings. The number of halogens is 1. The number of rotatable bonds is 0. The van der Waals surface area contributed by atoms with Crippen molar-refractivity contribution in [2.75, 3.05) is 21.1 Å². The van der Waals surface area contributed by atoms with Gasteiger partial charge in [0.15, 0.2) is 0 Å². The van der Waals surface area contributed by atoms with Crippen molar-refractivity contribution in [3.63, 3.8) is 0 Å². The summed E-state index contributed by atoms with van der Waals surface area (Å²) >= 11 is 0. The van der Waals surface area contributed by atoms with Crippen LogP contribution < -0.4 is 0 Å². The molecule has 0 spiro atoms. The zero-order valence-electron chi connectivity index (χ0n) is 3.89. The van der Waals surface area contributed by atoms with Crippen LogP contribution >= 0.6 is 0 Å². The Morgan fingerprint density at radius 2 is 1.00 bits per heavy atom. The molecule has 0 aromatic heterocycles. The molecule has 0 heterocycles. The van der Waals surface area contributed by atoms with E-state index in [1.165, 1.54) is 0 Å². The maximum atomic E-state index is 2.00. The van der Waals surface area contributed by atoms with Crippen molar-refractivity contribution >= 4 is 0 Å². The minimum absolute atomic E-state index is 0. The minimum Gasteiger partial charge on any atom is -0.312 e. The first kappa shape index (κ1) is 8.98. The highest BCUT2D eigenvalue weighted by Gasteiger charge is 1.58. The maximum absolute atomic E-state index is 2.00. The van der Waals surface area contributed by atoms with Gasteiger partial charge in [-0.15, -0.1) is 0 Å². The Morgan fingerprint density at radius 3 is 1.00 bits per heavy atom. The summed E-state index contributed by atoms with van der Waals surface area (Å²) in [4.78, 5) is 2.00. The van der Waals surface area contributed by atoms with E-state index in [9.17, 15) is 0 Å². The van der Waals surface area contributed by atoms with E-state index in [1.807, 2.05) is 26.0 Å². The molecule has 0 bridgehead atoms. The second kappa shape index (κ2) is 4.25. The van der Waals surface area contributed by atoms with E-state index < -0.39 is 0 Å². The largest absolute Gasteiger partial charge is 0.312 e. The standard InChI is InChI=1S/C3H9N.ClH2/c1-4(2)3;/h1-3H3;1H2/q;+1. The second-order valence-corrected chi connectivity index (χ2v) is 1.34. The van der Waals surface area contributed by atoms with Crippen LogP contribution in [0.15, 0.2) is 0 Å². The lowest BCUT2D eigenvalue weighted by Gasteiger charge is -1.90. The van der Waals surface area contributed by atoms with Crippen molar-refractivity contribution in [1.82, 2.24) is 4.90 Å². The fraction of sp³-hybridized carbons (Fsp3) is 1.00. The van der Waals surface area contributed by atoms with Crippen LogP contribution in [0, 0.1) is 12.4 Å². The third-order valence-corrected chi connectivity index (χ3v) is 0. The molecule has 34 valence electrons. The van der Waals surface area contributed by atoms with Gasteiger partial charge in [0.25, 0.3) is 0 Å². The smallest absolute Gasteiger partial charge is 0.0903 e. The average Bonchev–Trinajstić information content (AvgIpc) is 0.811. The molecule has 0 saturated heterocycles. The Morgan fingerprint density at radius 1 is 1.00 bits per heavy atom. The molecule has 0 fully saturated rings. The molecule has 0 N–H and O–H groups in total. The van der Waals surface area contributed by atoms with Crippen LogP contribution in [-0.4, -0.2) is 26.0 Å². The van der Waals surface area contributed by atoms with E-state index in [1.54, 1.807) is 0 Å². The third-order valence-electron chi connectivity index (χ3n) is 0. The number of nitrogens with zero attached hydrogens (tertiary/aromatic N) is 1. The summed E-state index contributed by atoms with van der Waals surface area (Å²) in [7, 11) is 6.00. The Kier molecular flexibility index (Phi) is 7.63. The summed E-state index contributed by atoms with van der Waals surface area (Å²) in [6.45, 7) is 0. The first-order valence-corrected chi connectivity index (χ1v) is 1.34. The van der Waals surface area contributed by atoms with Crippen molar-refractivity contribution in [2.24, 2.45) is 0 Å². The van der Waals surface area contributed by atoms with E-state index >= 15 is 0 Å². The monoisotopic (exact) mass is 96.1 g/mol. The molecule has 0 amide bonds. The highest BCUT2D eigenvalue weighted by atomic mass is 35.5. The molecule has 2 heteroatoms. The Balaban J connectivity index is 0. The van der Waals surface area contributed by atoms with Gasteiger partial charge in [-0.1, -0.05) is 0 Å². The van der Waals surface area contributed by atoms with E-state index in [0.717, 1.165) is 0 Å². The molecule has 0 aliphatic heterocycles. The van der Waals surface area contributed by atoms with E-state index in [0.29, 0.717) is 0 Å². The van der Waals surface area contributed by atoms with E-state index in [4.69, 9.17) is 0 Å². The number of hydrogen-bond donors (Lipinski definition) is 0. The zero-order chi connectivity index (χ0) is 3.58. The Hall–Kier alpha value is 0.250. The molecule has 0 saturated carbocycles. The van der Waals surface area contributed by atoms with Crippen LogP contribution in [0.3, 0.4) is 0 Å². The normalized spacial score (nSPS) is 7.20. The fourth-order valence-corrected chi connectivity index (χ4v) is 0. The van der Waals surface area contributed by atoms with Gasteiger partial charge in [0.2, 0.25) is 0 Å². The van der Waals surface area contributed by atoms with Crippen molar-refractivity contribution in [3.8, 4) is 0 Å². The summed E-state index contributed by atoms with van der Waals surface area (Å²) in [5.41, 5.74) is 0. The van der Waals surface area contributed by atoms with Crippen LogP contribution in [-0.2, 0) is 0 Å². The molecular weight excluding hydrogens is 85.5 g/mol. The minimum atomic E-state index is 0. The topological polar surface area (TPSA) is 3.24 Å². The van der Waals surface area contributed by atoms with Crippen molar-refractivity contribution in [1.29, 1.82) is 0 Å². The first-order chi connectivity index (χ1) is 1.73. The lowest BCUT2D eigenvalue weighted by Crippen LogP contribution is -1.99. The molecule has 0 aromatic rings. The van der Waals surface area contributed by atoms with Crippen LogP contribution in [0.5, 0.6) is 0 Å². The molecule has 0 aromatic carbocycles. The molecule has 0 atom stereocenters. The SMILES string of the molecule is CN(C)C.[ClH2+]. The average molecular weight is 96.6 g/mol. The summed E-state index contributed by atoms with van der Waals surface area (Å²) < 4.78 is 0. The van der Waals surface area contributed by atoms with E-state index in [2.05, 4.69) is 0 Å². The Bertz CT molecular complexity index is 11.6. The van der Waals surface area contributed by atoms with E-state index in [-0.39, 0.29) is 12.4 Å². The molecule has 0 aliphatic carbocycles. The molecule has 1 nitrogen and oxygen atoms in total. The summed E-state index contributed by atoms with van der Waals surface area (Å²) in [6, 6.07) is 0. The van der Waals surface area contributed by atoms with Gasteiger partial charge < -0.3 is 4.90 Å². The van der Waals surface area contributed by atoms with Gasteiger partial charge in [0.1, 0.15) is 0 Å². The fourth-order valence-electron chi connectivity index (χ4n) is 0. The van der Waals surface area contributed by atoms with Gasteiger partial charge >= 0.3 is 0 Å². The molecule has 0 unspecified atom stereocenters. The van der Waals surface area contributed by atoms with Crippen molar-refractivity contribution < 1.29 is 12.4 Å². The first-order valence-electron chi connectivity index (χ1n) is 1.34. The van der Waals surface area contributed by atoms with Gasteiger partial charge in [0, 0.05) is 0 Å². The summed E-state index contributed by atoms with van der Waals surface area (Å²) in [5.74, 6) is 0. The highest BCUT2D eigenvalue weighted by molar-refractivity contribution is 4.09.